The van der Waals surface area contributed by atoms with Crippen LogP contribution in [0.25, 0.3) is 0 Å². The van der Waals surface area contributed by atoms with Gasteiger partial charge >= 0.3 is 0 Å². The van der Waals surface area contributed by atoms with E-state index in [-0.39, 0.29) is 30.4 Å². The highest BCUT2D eigenvalue weighted by molar-refractivity contribution is 5.87. The summed E-state index contributed by atoms with van der Waals surface area (Å²) in [5, 5.41) is 2.78. The number of ether oxygens (including phenoxy) is 2. The number of amides is 2. The topological polar surface area (TPSA) is 67.9 Å². The summed E-state index contributed by atoms with van der Waals surface area (Å²) in [6.07, 6.45) is 0. The first-order chi connectivity index (χ1) is 14.7. The quantitative estimate of drug-likeness (QED) is 0.660. The van der Waals surface area contributed by atoms with E-state index in [0.29, 0.717) is 18.0 Å². The van der Waals surface area contributed by atoms with Crippen molar-refractivity contribution >= 4 is 11.8 Å². The Morgan fingerprint density at radius 1 is 1.06 bits per heavy atom. The molecule has 0 unspecified atom stereocenters. The number of hydrogen-bond donors (Lipinski definition) is 1. The molecule has 0 aliphatic heterocycles. The van der Waals surface area contributed by atoms with Gasteiger partial charge in [-0.3, -0.25) is 9.59 Å². The molecule has 0 fully saturated rings. The van der Waals surface area contributed by atoms with Crippen LogP contribution in [0.3, 0.4) is 0 Å². The molecule has 0 bridgehead atoms. The van der Waals surface area contributed by atoms with Crippen LogP contribution in [0.1, 0.15) is 45.7 Å². The standard InChI is InChI=1S/C25H34N2O4/c1-7-26-24(29)18(2)27(16-19-9-8-10-22(15-19)30-6)23(28)17-31-21-13-11-20(12-14-21)25(3,4)5/h8-15,18H,7,16-17H2,1-6H3,(H,26,29)/t18-/m1/s1. The van der Waals surface area contributed by atoms with Crippen molar-refractivity contribution in [1.82, 2.24) is 10.2 Å². The summed E-state index contributed by atoms with van der Waals surface area (Å²) in [5.74, 6) is 0.855. The number of carbonyl (C=O) groups excluding carboxylic acids is 2. The molecule has 0 aromatic heterocycles. The number of rotatable bonds is 9. The third-order valence-corrected chi connectivity index (χ3v) is 5.09. The first-order valence-corrected chi connectivity index (χ1v) is 10.6. The Kier molecular flexibility index (Phi) is 8.48. The van der Waals surface area contributed by atoms with Crippen molar-refractivity contribution in [2.24, 2.45) is 0 Å². The summed E-state index contributed by atoms with van der Waals surface area (Å²) in [6, 6.07) is 14.6. The average Bonchev–Trinajstić information content (AvgIpc) is 2.75. The van der Waals surface area contributed by atoms with Crippen molar-refractivity contribution in [3.8, 4) is 11.5 Å². The number of hydrogen-bond acceptors (Lipinski definition) is 4. The van der Waals surface area contributed by atoms with Gasteiger partial charge in [-0.05, 0) is 54.7 Å². The third kappa shape index (κ3) is 7.02. The summed E-state index contributed by atoms with van der Waals surface area (Å²) in [6.45, 7) is 10.6. The zero-order chi connectivity index (χ0) is 23.0. The second kappa shape index (κ2) is 10.8. The van der Waals surface area contributed by atoms with E-state index < -0.39 is 6.04 Å². The molecule has 6 heteroatoms. The molecule has 0 heterocycles. The number of methoxy groups -OCH3 is 1. The van der Waals surface area contributed by atoms with Gasteiger partial charge in [0.2, 0.25) is 5.91 Å². The molecule has 1 atom stereocenters. The molecule has 2 aromatic rings. The lowest BCUT2D eigenvalue weighted by atomic mass is 9.87. The van der Waals surface area contributed by atoms with Gasteiger partial charge in [0.05, 0.1) is 7.11 Å². The number of likely N-dealkylation sites (N-methyl/N-ethyl adjacent to an activating group) is 1. The van der Waals surface area contributed by atoms with Gasteiger partial charge in [0, 0.05) is 13.1 Å². The van der Waals surface area contributed by atoms with Gasteiger partial charge in [-0.2, -0.15) is 0 Å². The van der Waals surface area contributed by atoms with Crippen molar-refractivity contribution in [2.45, 2.75) is 52.6 Å². The van der Waals surface area contributed by atoms with Crippen LogP contribution in [0.5, 0.6) is 11.5 Å². The maximum atomic E-state index is 13.0. The first-order valence-electron chi connectivity index (χ1n) is 10.6. The molecule has 2 rings (SSSR count). The average molecular weight is 427 g/mol. The fraction of sp³-hybridized carbons (Fsp3) is 0.440. The summed E-state index contributed by atoms with van der Waals surface area (Å²) >= 11 is 0. The second-order valence-electron chi connectivity index (χ2n) is 8.51. The zero-order valence-corrected chi connectivity index (χ0v) is 19.4. The number of benzene rings is 2. The van der Waals surface area contributed by atoms with E-state index in [1.807, 2.05) is 55.5 Å². The Hall–Kier alpha value is -3.02. The molecule has 168 valence electrons. The summed E-state index contributed by atoms with van der Waals surface area (Å²) in [7, 11) is 1.60. The SMILES string of the molecule is CCNC(=O)[C@@H](C)N(Cc1cccc(OC)c1)C(=O)COc1ccc(C(C)(C)C)cc1. The van der Waals surface area contributed by atoms with E-state index in [0.717, 1.165) is 5.56 Å². The van der Waals surface area contributed by atoms with Crippen molar-refractivity contribution in [3.05, 3.63) is 59.7 Å². The van der Waals surface area contributed by atoms with Crippen LogP contribution >= 0.6 is 0 Å². The monoisotopic (exact) mass is 426 g/mol. The summed E-state index contributed by atoms with van der Waals surface area (Å²) in [4.78, 5) is 27.0. The van der Waals surface area contributed by atoms with Gasteiger partial charge < -0.3 is 19.7 Å². The predicted molar refractivity (Wildman–Crippen MR) is 122 cm³/mol. The van der Waals surface area contributed by atoms with Crippen LogP contribution < -0.4 is 14.8 Å². The Labute approximate surface area is 185 Å². The van der Waals surface area contributed by atoms with E-state index in [1.165, 1.54) is 10.5 Å². The lowest BCUT2D eigenvalue weighted by molar-refractivity contribution is -0.142. The Morgan fingerprint density at radius 3 is 2.32 bits per heavy atom. The molecular weight excluding hydrogens is 392 g/mol. The van der Waals surface area contributed by atoms with Gasteiger partial charge in [0.1, 0.15) is 17.5 Å². The van der Waals surface area contributed by atoms with Gasteiger partial charge in [-0.1, -0.05) is 45.0 Å². The van der Waals surface area contributed by atoms with Gasteiger partial charge in [-0.25, -0.2) is 0 Å². The molecule has 0 aliphatic carbocycles. The van der Waals surface area contributed by atoms with E-state index in [1.54, 1.807) is 14.0 Å². The zero-order valence-electron chi connectivity index (χ0n) is 19.4. The predicted octanol–water partition coefficient (Wildman–Crippen LogP) is 3.92. The smallest absolute Gasteiger partial charge is 0.261 e. The highest BCUT2D eigenvalue weighted by Crippen LogP contribution is 2.24. The molecule has 1 N–H and O–H groups in total. The van der Waals surface area contributed by atoms with Crippen LogP contribution in [0, 0.1) is 0 Å². The van der Waals surface area contributed by atoms with Crippen molar-refractivity contribution in [1.29, 1.82) is 0 Å². The normalized spacial score (nSPS) is 12.1. The summed E-state index contributed by atoms with van der Waals surface area (Å²) < 4.78 is 11.0. The lowest BCUT2D eigenvalue weighted by Gasteiger charge is -2.28. The Bertz CT molecular complexity index is 872. The molecule has 2 aromatic carbocycles. The maximum absolute atomic E-state index is 13.0. The van der Waals surface area contributed by atoms with E-state index >= 15 is 0 Å². The van der Waals surface area contributed by atoms with Gasteiger partial charge in [0.25, 0.3) is 5.91 Å². The third-order valence-electron chi connectivity index (χ3n) is 5.09. The van der Waals surface area contributed by atoms with Crippen LogP contribution in [-0.2, 0) is 21.5 Å². The number of nitrogens with one attached hydrogen (secondary N) is 1. The largest absolute Gasteiger partial charge is 0.497 e. The van der Waals surface area contributed by atoms with Crippen molar-refractivity contribution < 1.29 is 19.1 Å². The number of nitrogens with zero attached hydrogens (tertiary/aromatic N) is 1. The maximum Gasteiger partial charge on any atom is 0.261 e. The minimum atomic E-state index is -0.634. The van der Waals surface area contributed by atoms with Gasteiger partial charge in [0.15, 0.2) is 6.61 Å². The van der Waals surface area contributed by atoms with Crippen LogP contribution in [-0.4, -0.2) is 43.0 Å². The van der Waals surface area contributed by atoms with Crippen LogP contribution in [0.15, 0.2) is 48.5 Å². The highest BCUT2D eigenvalue weighted by atomic mass is 16.5. The molecular formula is C25H34N2O4. The first kappa shape index (κ1) is 24.3. The second-order valence-corrected chi connectivity index (χ2v) is 8.51. The minimum absolute atomic E-state index is 0.0456. The van der Waals surface area contributed by atoms with E-state index in [2.05, 4.69) is 26.1 Å². The van der Waals surface area contributed by atoms with Gasteiger partial charge in [-0.15, -0.1) is 0 Å². The molecule has 2 amide bonds. The van der Waals surface area contributed by atoms with E-state index in [9.17, 15) is 9.59 Å². The number of carbonyl (C=O) groups is 2. The molecule has 31 heavy (non-hydrogen) atoms. The highest BCUT2D eigenvalue weighted by Gasteiger charge is 2.26. The molecule has 0 saturated heterocycles. The fourth-order valence-electron chi connectivity index (χ4n) is 3.15. The van der Waals surface area contributed by atoms with Crippen LogP contribution in [0.4, 0.5) is 0 Å². The van der Waals surface area contributed by atoms with Crippen molar-refractivity contribution in [2.75, 3.05) is 20.3 Å². The van der Waals surface area contributed by atoms with E-state index in [4.69, 9.17) is 9.47 Å². The lowest BCUT2D eigenvalue weighted by Crippen LogP contribution is -2.49. The fourth-order valence-corrected chi connectivity index (χ4v) is 3.15. The van der Waals surface area contributed by atoms with Crippen molar-refractivity contribution in [3.63, 3.8) is 0 Å². The molecule has 0 spiro atoms. The molecule has 0 radical (unpaired) electrons. The Morgan fingerprint density at radius 2 is 1.74 bits per heavy atom. The molecule has 6 nitrogen and oxygen atoms in total. The minimum Gasteiger partial charge on any atom is -0.497 e. The summed E-state index contributed by atoms with van der Waals surface area (Å²) in [5.41, 5.74) is 2.11. The Balaban J connectivity index is 2.14. The molecule has 0 aliphatic rings. The van der Waals surface area contributed by atoms with Crippen LogP contribution in [0.2, 0.25) is 0 Å². The molecule has 0 saturated carbocycles.